The fourth-order valence-corrected chi connectivity index (χ4v) is 4.21. The van der Waals surface area contributed by atoms with Crippen LogP contribution in [0.5, 0.6) is 0 Å². The van der Waals surface area contributed by atoms with Gasteiger partial charge in [-0.2, -0.15) is 0 Å². The summed E-state index contributed by atoms with van der Waals surface area (Å²) in [6.45, 7) is 0.233. The molecule has 7 heteroatoms. The van der Waals surface area contributed by atoms with Crippen molar-refractivity contribution >= 4 is 21.7 Å². The van der Waals surface area contributed by atoms with E-state index in [0.29, 0.717) is 12.0 Å². The SMILES string of the molecule is CN(C(=O)CCNC(=O)c1ccccc1)[C@H]1CCS(=O)(=O)C1. The van der Waals surface area contributed by atoms with Gasteiger partial charge >= 0.3 is 0 Å². The van der Waals surface area contributed by atoms with E-state index < -0.39 is 9.84 Å². The molecule has 1 aromatic rings. The van der Waals surface area contributed by atoms with Crippen LogP contribution in [0.25, 0.3) is 0 Å². The maximum Gasteiger partial charge on any atom is 0.251 e. The third-order valence-corrected chi connectivity index (χ3v) is 5.56. The van der Waals surface area contributed by atoms with E-state index in [4.69, 9.17) is 0 Å². The Balaban J connectivity index is 1.77. The number of carbonyl (C=O) groups excluding carboxylic acids is 2. The summed E-state index contributed by atoms with van der Waals surface area (Å²) in [5.41, 5.74) is 0.546. The standard InChI is InChI=1S/C15H20N2O4S/c1-17(13-8-10-22(20,21)11-13)14(18)7-9-16-15(19)12-5-3-2-4-6-12/h2-6,13H,7-11H2,1H3,(H,16,19)/t13-/m0/s1. The summed E-state index contributed by atoms with van der Waals surface area (Å²) in [7, 11) is -1.39. The van der Waals surface area contributed by atoms with Crippen molar-refractivity contribution < 1.29 is 18.0 Å². The third kappa shape index (κ3) is 4.30. The molecule has 2 amide bonds. The van der Waals surface area contributed by atoms with Crippen LogP contribution >= 0.6 is 0 Å². The van der Waals surface area contributed by atoms with E-state index in [2.05, 4.69) is 5.32 Å². The molecule has 2 rings (SSSR count). The maximum atomic E-state index is 12.0. The predicted octanol–water partition coefficient (Wildman–Crippen LogP) is 0.452. The van der Waals surface area contributed by atoms with Crippen LogP contribution in [0.15, 0.2) is 30.3 Å². The normalized spacial score (nSPS) is 19.6. The van der Waals surface area contributed by atoms with Crippen LogP contribution < -0.4 is 5.32 Å². The smallest absolute Gasteiger partial charge is 0.251 e. The fourth-order valence-electron chi connectivity index (χ4n) is 2.44. The van der Waals surface area contributed by atoms with Crippen LogP contribution in [0, 0.1) is 0 Å². The first-order chi connectivity index (χ1) is 10.4. The first kappa shape index (κ1) is 16.5. The molecule has 0 radical (unpaired) electrons. The number of amides is 2. The number of rotatable bonds is 5. The molecule has 1 atom stereocenters. The topological polar surface area (TPSA) is 83.6 Å². The molecule has 0 aliphatic carbocycles. The Morgan fingerprint density at radius 2 is 1.95 bits per heavy atom. The van der Waals surface area contributed by atoms with Crippen LogP contribution in [0.4, 0.5) is 0 Å². The summed E-state index contributed by atoms with van der Waals surface area (Å²) in [4.78, 5) is 25.3. The minimum Gasteiger partial charge on any atom is -0.352 e. The Kier molecular flexibility index (Phi) is 5.18. The summed E-state index contributed by atoms with van der Waals surface area (Å²) in [6, 6.07) is 8.52. The highest BCUT2D eigenvalue weighted by atomic mass is 32.2. The number of nitrogens with one attached hydrogen (secondary N) is 1. The highest BCUT2D eigenvalue weighted by Gasteiger charge is 2.32. The Labute approximate surface area is 130 Å². The van der Waals surface area contributed by atoms with Gasteiger partial charge in [0.05, 0.1) is 11.5 Å². The molecule has 1 N–H and O–H groups in total. The van der Waals surface area contributed by atoms with Crippen molar-refractivity contribution in [2.75, 3.05) is 25.1 Å². The van der Waals surface area contributed by atoms with Gasteiger partial charge in [0.1, 0.15) is 0 Å². The van der Waals surface area contributed by atoms with Crippen molar-refractivity contribution in [3.8, 4) is 0 Å². The molecule has 1 saturated heterocycles. The first-order valence-electron chi connectivity index (χ1n) is 7.18. The van der Waals surface area contributed by atoms with Crippen LogP contribution in [0.3, 0.4) is 0 Å². The molecule has 1 aliphatic heterocycles. The quantitative estimate of drug-likeness (QED) is 0.852. The third-order valence-electron chi connectivity index (χ3n) is 3.81. The van der Waals surface area contributed by atoms with Gasteiger partial charge in [-0.3, -0.25) is 9.59 Å². The lowest BCUT2D eigenvalue weighted by atomic mass is 10.2. The molecule has 1 aromatic carbocycles. The van der Waals surface area contributed by atoms with Crippen LogP contribution in [-0.4, -0.2) is 56.3 Å². The Bertz CT molecular complexity index is 643. The highest BCUT2D eigenvalue weighted by molar-refractivity contribution is 7.91. The van der Waals surface area contributed by atoms with E-state index in [0.717, 1.165) is 0 Å². The average Bonchev–Trinajstić information content (AvgIpc) is 2.87. The Hall–Kier alpha value is -1.89. The fraction of sp³-hybridized carbons (Fsp3) is 0.467. The van der Waals surface area contributed by atoms with Crippen molar-refractivity contribution in [1.82, 2.24) is 10.2 Å². The van der Waals surface area contributed by atoms with Crippen molar-refractivity contribution in [2.45, 2.75) is 18.9 Å². The van der Waals surface area contributed by atoms with Gasteiger partial charge in [-0.1, -0.05) is 18.2 Å². The van der Waals surface area contributed by atoms with Crippen molar-refractivity contribution in [3.05, 3.63) is 35.9 Å². The molecule has 6 nitrogen and oxygen atoms in total. The summed E-state index contributed by atoms with van der Waals surface area (Å²) in [5.74, 6) is -0.207. The van der Waals surface area contributed by atoms with Crippen LogP contribution in [0.1, 0.15) is 23.2 Å². The van der Waals surface area contributed by atoms with Gasteiger partial charge in [-0.05, 0) is 18.6 Å². The molecule has 0 aromatic heterocycles. The number of carbonyl (C=O) groups is 2. The maximum absolute atomic E-state index is 12.0. The second kappa shape index (κ2) is 6.91. The predicted molar refractivity (Wildman–Crippen MR) is 83.2 cm³/mol. The molecule has 120 valence electrons. The van der Waals surface area contributed by atoms with E-state index in [9.17, 15) is 18.0 Å². The minimum atomic E-state index is -3.01. The first-order valence-corrected chi connectivity index (χ1v) is 9.00. The minimum absolute atomic E-state index is 0.0333. The number of sulfone groups is 1. The molecule has 0 bridgehead atoms. The molecule has 22 heavy (non-hydrogen) atoms. The summed E-state index contributed by atoms with van der Waals surface area (Å²) < 4.78 is 22.9. The van der Waals surface area contributed by atoms with E-state index >= 15 is 0 Å². The molecule has 0 unspecified atom stereocenters. The molecule has 0 spiro atoms. The largest absolute Gasteiger partial charge is 0.352 e. The molecular formula is C15H20N2O4S. The number of hydrogen-bond donors (Lipinski definition) is 1. The van der Waals surface area contributed by atoms with E-state index in [1.54, 1.807) is 31.3 Å². The second-order valence-corrected chi connectivity index (χ2v) is 7.66. The van der Waals surface area contributed by atoms with Gasteiger partial charge < -0.3 is 10.2 Å². The molecular weight excluding hydrogens is 304 g/mol. The zero-order valence-corrected chi connectivity index (χ0v) is 13.3. The summed E-state index contributed by atoms with van der Waals surface area (Å²) in [5, 5.41) is 2.69. The van der Waals surface area contributed by atoms with Gasteiger partial charge in [0.25, 0.3) is 5.91 Å². The monoisotopic (exact) mass is 324 g/mol. The van der Waals surface area contributed by atoms with E-state index in [1.165, 1.54) is 4.90 Å². The number of nitrogens with zero attached hydrogens (tertiary/aromatic N) is 1. The zero-order valence-electron chi connectivity index (χ0n) is 12.5. The van der Waals surface area contributed by atoms with E-state index in [-0.39, 0.29) is 42.3 Å². The van der Waals surface area contributed by atoms with Crippen molar-refractivity contribution in [3.63, 3.8) is 0 Å². The Morgan fingerprint density at radius 3 is 2.55 bits per heavy atom. The zero-order chi connectivity index (χ0) is 16.2. The lowest BCUT2D eigenvalue weighted by molar-refractivity contribution is -0.131. The molecule has 1 fully saturated rings. The van der Waals surface area contributed by atoms with E-state index in [1.807, 2.05) is 6.07 Å². The second-order valence-electron chi connectivity index (χ2n) is 5.43. The Morgan fingerprint density at radius 1 is 1.27 bits per heavy atom. The lowest BCUT2D eigenvalue weighted by Gasteiger charge is -2.23. The van der Waals surface area contributed by atoms with Crippen molar-refractivity contribution in [1.29, 1.82) is 0 Å². The average molecular weight is 324 g/mol. The summed E-state index contributed by atoms with van der Waals surface area (Å²) in [6.07, 6.45) is 0.645. The lowest BCUT2D eigenvalue weighted by Crippen LogP contribution is -2.39. The highest BCUT2D eigenvalue weighted by Crippen LogP contribution is 2.16. The van der Waals surface area contributed by atoms with Gasteiger partial charge in [0, 0.05) is 31.6 Å². The van der Waals surface area contributed by atoms with Crippen molar-refractivity contribution in [2.24, 2.45) is 0 Å². The van der Waals surface area contributed by atoms with Crippen LogP contribution in [0.2, 0.25) is 0 Å². The number of benzene rings is 1. The van der Waals surface area contributed by atoms with Crippen LogP contribution in [-0.2, 0) is 14.6 Å². The number of hydrogen-bond acceptors (Lipinski definition) is 4. The van der Waals surface area contributed by atoms with Gasteiger partial charge in [-0.25, -0.2) is 8.42 Å². The molecule has 1 heterocycles. The summed E-state index contributed by atoms with van der Waals surface area (Å²) >= 11 is 0. The van der Waals surface area contributed by atoms with Gasteiger partial charge in [-0.15, -0.1) is 0 Å². The van der Waals surface area contributed by atoms with Gasteiger partial charge in [0.2, 0.25) is 5.91 Å². The van der Waals surface area contributed by atoms with Gasteiger partial charge in [0.15, 0.2) is 9.84 Å². The molecule has 0 saturated carbocycles. The molecule has 1 aliphatic rings.